The van der Waals surface area contributed by atoms with Crippen LogP contribution in [0.4, 0.5) is 0 Å². The lowest BCUT2D eigenvalue weighted by molar-refractivity contribution is 0.0743. The van der Waals surface area contributed by atoms with E-state index in [2.05, 4.69) is 0 Å². The first-order valence-corrected chi connectivity index (χ1v) is 10.9. The van der Waals surface area contributed by atoms with E-state index in [1.807, 2.05) is 25.1 Å². The molecular formula is C19H24ClN3O3S. The zero-order chi connectivity index (χ0) is 19.6. The van der Waals surface area contributed by atoms with Crippen molar-refractivity contribution in [1.29, 1.82) is 0 Å². The van der Waals surface area contributed by atoms with Crippen molar-refractivity contribution in [1.82, 2.24) is 13.8 Å². The molecule has 0 bridgehead atoms. The molecular weight excluding hydrogens is 386 g/mol. The maximum absolute atomic E-state index is 13.0. The molecule has 0 aliphatic carbocycles. The molecule has 1 amide bonds. The van der Waals surface area contributed by atoms with Crippen molar-refractivity contribution < 1.29 is 13.2 Å². The minimum atomic E-state index is -3.55. The van der Waals surface area contributed by atoms with Crippen LogP contribution in [0.15, 0.2) is 41.4 Å². The molecule has 1 aromatic carbocycles. The summed E-state index contributed by atoms with van der Waals surface area (Å²) in [5, 5.41) is 0.605. The molecule has 27 heavy (non-hydrogen) atoms. The van der Waals surface area contributed by atoms with Crippen LogP contribution in [0, 0.1) is 0 Å². The molecule has 3 rings (SSSR count). The monoisotopic (exact) mass is 409 g/mol. The molecule has 6 nitrogen and oxygen atoms in total. The number of hydrogen-bond donors (Lipinski definition) is 0. The molecule has 0 spiro atoms. The average Bonchev–Trinajstić information content (AvgIpc) is 3.31. The number of amides is 1. The van der Waals surface area contributed by atoms with Gasteiger partial charge in [-0.2, -0.15) is 4.31 Å². The Morgan fingerprint density at radius 1 is 1.22 bits per heavy atom. The van der Waals surface area contributed by atoms with Crippen LogP contribution in [0.5, 0.6) is 0 Å². The van der Waals surface area contributed by atoms with Gasteiger partial charge in [-0.1, -0.05) is 29.8 Å². The standard InChI is InChI=1S/C19H24ClN3O3S/c1-3-22(13-15-8-4-5-9-17(15)20)19(24)18-12-16(14-21(18)2)27(25,26)23-10-6-7-11-23/h4-5,8-9,12,14H,3,6-7,10-11,13H2,1-2H3. The number of sulfonamides is 1. The Balaban J connectivity index is 1.86. The Hall–Kier alpha value is -1.83. The van der Waals surface area contributed by atoms with Gasteiger partial charge in [-0.25, -0.2) is 8.42 Å². The van der Waals surface area contributed by atoms with Crippen LogP contribution in [-0.2, 0) is 23.6 Å². The minimum absolute atomic E-state index is 0.170. The van der Waals surface area contributed by atoms with E-state index in [0.29, 0.717) is 36.9 Å². The van der Waals surface area contributed by atoms with E-state index in [1.54, 1.807) is 22.6 Å². The molecule has 2 heterocycles. The van der Waals surface area contributed by atoms with Gasteiger partial charge in [0.25, 0.3) is 5.91 Å². The normalized spacial score (nSPS) is 15.2. The van der Waals surface area contributed by atoms with Crippen LogP contribution < -0.4 is 0 Å². The van der Waals surface area contributed by atoms with E-state index in [-0.39, 0.29) is 10.8 Å². The summed E-state index contributed by atoms with van der Waals surface area (Å²) in [6.45, 7) is 3.82. The SMILES string of the molecule is CCN(Cc1ccccc1Cl)C(=O)c1cc(S(=O)(=O)N2CCCC2)cn1C. The number of hydrogen-bond acceptors (Lipinski definition) is 3. The molecule has 1 aliphatic rings. The zero-order valence-electron chi connectivity index (χ0n) is 15.6. The van der Waals surface area contributed by atoms with Gasteiger partial charge < -0.3 is 9.47 Å². The lowest BCUT2D eigenvalue weighted by atomic mass is 10.2. The first kappa shape index (κ1) is 19.9. The second-order valence-corrected chi connectivity index (χ2v) is 9.04. The van der Waals surface area contributed by atoms with Crippen LogP contribution in [0.2, 0.25) is 5.02 Å². The van der Waals surface area contributed by atoms with Gasteiger partial charge in [0.05, 0.1) is 0 Å². The topological polar surface area (TPSA) is 62.6 Å². The van der Waals surface area contributed by atoms with Crippen molar-refractivity contribution in [2.45, 2.75) is 31.2 Å². The third kappa shape index (κ3) is 4.05. The maximum Gasteiger partial charge on any atom is 0.270 e. The fraction of sp³-hybridized carbons (Fsp3) is 0.421. The predicted octanol–water partition coefficient (Wildman–Crippen LogP) is 3.13. The second-order valence-electron chi connectivity index (χ2n) is 6.69. The van der Waals surface area contributed by atoms with E-state index in [0.717, 1.165) is 18.4 Å². The largest absolute Gasteiger partial charge is 0.345 e. The molecule has 1 aromatic heterocycles. The molecule has 1 saturated heterocycles. The lowest BCUT2D eigenvalue weighted by Gasteiger charge is -2.21. The number of aromatic nitrogens is 1. The van der Waals surface area contributed by atoms with Crippen LogP contribution in [-0.4, -0.2) is 47.7 Å². The number of carbonyl (C=O) groups is 1. The van der Waals surface area contributed by atoms with E-state index in [4.69, 9.17) is 11.6 Å². The fourth-order valence-electron chi connectivity index (χ4n) is 3.29. The zero-order valence-corrected chi connectivity index (χ0v) is 17.1. The van der Waals surface area contributed by atoms with Crippen LogP contribution in [0.3, 0.4) is 0 Å². The van der Waals surface area contributed by atoms with E-state index < -0.39 is 10.0 Å². The molecule has 8 heteroatoms. The number of halogens is 1. The third-order valence-corrected chi connectivity index (χ3v) is 7.12. The van der Waals surface area contributed by atoms with Gasteiger partial charge in [0.15, 0.2) is 0 Å². The highest BCUT2D eigenvalue weighted by Gasteiger charge is 2.30. The molecule has 0 atom stereocenters. The van der Waals surface area contributed by atoms with Crippen molar-refractivity contribution in [3.05, 3.63) is 52.8 Å². The van der Waals surface area contributed by atoms with Gasteiger partial charge in [0, 0.05) is 44.4 Å². The molecule has 0 N–H and O–H groups in total. The van der Waals surface area contributed by atoms with Gasteiger partial charge >= 0.3 is 0 Å². The van der Waals surface area contributed by atoms with Crippen LogP contribution in [0.25, 0.3) is 0 Å². The summed E-state index contributed by atoms with van der Waals surface area (Å²) in [6.07, 6.45) is 3.27. The van der Waals surface area contributed by atoms with Crippen molar-refractivity contribution in [2.75, 3.05) is 19.6 Å². The smallest absolute Gasteiger partial charge is 0.270 e. The van der Waals surface area contributed by atoms with Crippen molar-refractivity contribution in [2.24, 2.45) is 7.05 Å². The number of carbonyl (C=O) groups excluding carboxylic acids is 1. The summed E-state index contributed by atoms with van der Waals surface area (Å²) in [6, 6.07) is 8.87. The minimum Gasteiger partial charge on any atom is -0.345 e. The summed E-state index contributed by atoms with van der Waals surface area (Å²) in [4.78, 5) is 14.9. The van der Waals surface area contributed by atoms with E-state index >= 15 is 0 Å². The Kier molecular flexibility index (Phi) is 5.93. The van der Waals surface area contributed by atoms with E-state index in [9.17, 15) is 13.2 Å². The average molecular weight is 410 g/mol. The number of aryl methyl sites for hydroxylation is 1. The van der Waals surface area contributed by atoms with Gasteiger partial charge in [-0.05, 0) is 37.5 Å². The van der Waals surface area contributed by atoms with Crippen molar-refractivity contribution >= 4 is 27.5 Å². The molecule has 0 radical (unpaired) electrons. The molecule has 1 fully saturated rings. The Morgan fingerprint density at radius 3 is 2.52 bits per heavy atom. The molecule has 146 valence electrons. The van der Waals surface area contributed by atoms with Gasteiger partial charge in [-0.3, -0.25) is 4.79 Å². The Labute approximate surface area is 165 Å². The van der Waals surface area contributed by atoms with Gasteiger partial charge in [0.2, 0.25) is 10.0 Å². The predicted molar refractivity (Wildman–Crippen MR) is 105 cm³/mol. The van der Waals surface area contributed by atoms with Gasteiger partial charge in [0.1, 0.15) is 10.6 Å². The van der Waals surface area contributed by atoms with E-state index in [1.165, 1.54) is 16.6 Å². The quantitative estimate of drug-likeness (QED) is 0.736. The summed E-state index contributed by atoms with van der Waals surface area (Å²) >= 11 is 6.22. The molecule has 0 unspecified atom stereocenters. The summed E-state index contributed by atoms with van der Waals surface area (Å²) in [5.41, 5.74) is 1.20. The van der Waals surface area contributed by atoms with Crippen molar-refractivity contribution in [3.8, 4) is 0 Å². The van der Waals surface area contributed by atoms with Crippen molar-refractivity contribution in [3.63, 3.8) is 0 Å². The second kappa shape index (κ2) is 8.04. The van der Waals surface area contributed by atoms with Gasteiger partial charge in [-0.15, -0.1) is 0 Å². The number of benzene rings is 1. The summed E-state index contributed by atoms with van der Waals surface area (Å²) in [5.74, 6) is -0.220. The number of rotatable bonds is 6. The first-order chi connectivity index (χ1) is 12.8. The Bertz CT molecular complexity index is 933. The lowest BCUT2D eigenvalue weighted by Crippen LogP contribution is -2.31. The highest BCUT2D eigenvalue weighted by molar-refractivity contribution is 7.89. The highest BCUT2D eigenvalue weighted by Crippen LogP contribution is 2.24. The number of nitrogens with zero attached hydrogens (tertiary/aromatic N) is 3. The molecule has 2 aromatic rings. The Morgan fingerprint density at radius 2 is 1.89 bits per heavy atom. The molecule has 1 aliphatic heterocycles. The maximum atomic E-state index is 13.0. The highest BCUT2D eigenvalue weighted by atomic mass is 35.5. The van der Waals surface area contributed by atoms with Crippen LogP contribution >= 0.6 is 11.6 Å². The first-order valence-electron chi connectivity index (χ1n) is 9.03. The molecule has 0 saturated carbocycles. The fourth-order valence-corrected chi connectivity index (χ4v) is 5.07. The third-order valence-electron chi connectivity index (χ3n) is 4.89. The summed E-state index contributed by atoms with van der Waals surface area (Å²) < 4.78 is 28.6. The van der Waals surface area contributed by atoms with Crippen LogP contribution in [0.1, 0.15) is 35.8 Å². The summed E-state index contributed by atoms with van der Waals surface area (Å²) in [7, 11) is -1.86.